The van der Waals surface area contributed by atoms with Crippen molar-refractivity contribution in [1.82, 2.24) is 0 Å². The molecule has 0 aromatic heterocycles. The van der Waals surface area contributed by atoms with Crippen LogP contribution in [0, 0.1) is 10.1 Å². The predicted molar refractivity (Wildman–Crippen MR) is 56.7 cm³/mol. The van der Waals surface area contributed by atoms with Crippen LogP contribution in [0.15, 0.2) is 29.4 Å². The van der Waals surface area contributed by atoms with Gasteiger partial charge < -0.3 is 5.73 Å². The molecule has 1 aromatic rings. The summed E-state index contributed by atoms with van der Waals surface area (Å²) in [5, 5.41) is 16.3. The molecule has 2 N–H and O–H groups in total. The molecule has 0 fully saturated rings. The minimum Gasteiger partial charge on any atom is -0.386 e. The number of nitrogens with zero attached hydrogens (tertiary/aromatic N) is 3. The zero-order valence-corrected chi connectivity index (χ0v) is 7.96. The van der Waals surface area contributed by atoms with E-state index < -0.39 is 4.92 Å². The fourth-order valence-electron chi connectivity index (χ4n) is 1.49. The van der Waals surface area contributed by atoms with Gasteiger partial charge in [-0.15, -0.1) is 0 Å². The molecule has 0 spiro atoms. The Morgan fingerprint density at radius 2 is 2.20 bits per heavy atom. The maximum atomic E-state index is 10.8. The number of hydrazone groups is 1. The topological polar surface area (TPSA) is 84.8 Å². The van der Waals surface area contributed by atoms with E-state index in [1.165, 1.54) is 6.07 Å². The van der Waals surface area contributed by atoms with Crippen LogP contribution in [0.2, 0.25) is 0 Å². The maximum absolute atomic E-state index is 10.8. The molecule has 0 amide bonds. The Morgan fingerprint density at radius 1 is 1.47 bits per heavy atom. The van der Waals surface area contributed by atoms with E-state index in [-0.39, 0.29) is 5.69 Å². The fourth-order valence-corrected chi connectivity index (χ4v) is 1.49. The van der Waals surface area contributed by atoms with E-state index in [2.05, 4.69) is 5.10 Å². The van der Waals surface area contributed by atoms with Crippen LogP contribution in [0.3, 0.4) is 0 Å². The average molecular weight is 206 g/mol. The first-order valence-electron chi connectivity index (χ1n) is 4.52. The molecule has 0 atom stereocenters. The minimum absolute atomic E-state index is 0.0518. The molecule has 2 rings (SSSR count). The highest BCUT2D eigenvalue weighted by Crippen LogP contribution is 2.29. The van der Waals surface area contributed by atoms with Crippen LogP contribution in [0.25, 0.3) is 0 Å². The third-order valence-electron chi connectivity index (χ3n) is 2.19. The van der Waals surface area contributed by atoms with Gasteiger partial charge in [-0.2, -0.15) is 5.10 Å². The molecule has 15 heavy (non-hydrogen) atoms. The van der Waals surface area contributed by atoms with Crippen molar-refractivity contribution in [3.05, 3.63) is 34.4 Å². The van der Waals surface area contributed by atoms with Gasteiger partial charge in [-0.25, -0.2) is 0 Å². The van der Waals surface area contributed by atoms with Gasteiger partial charge in [0.1, 0.15) is 11.5 Å². The monoisotopic (exact) mass is 206 g/mol. The highest BCUT2D eigenvalue weighted by Gasteiger charge is 2.21. The second kappa shape index (κ2) is 3.56. The molecule has 78 valence electrons. The number of hydrogen-bond acceptors (Lipinski definition) is 5. The summed E-state index contributed by atoms with van der Waals surface area (Å²) in [6, 6.07) is 6.50. The normalized spacial score (nSPS) is 15.2. The number of para-hydroxylation sites is 2. The summed E-state index contributed by atoms with van der Waals surface area (Å²) in [5.41, 5.74) is 6.07. The molecule has 0 radical (unpaired) electrons. The van der Waals surface area contributed by atoms with Gasteiger partial charge in [0.2, 0.25) is 0 Å². The molecule has 1 aliphatic rings. The van der Waals surface area contributed by atoms with Gasteiger partial charge in [-0.05, 0) is 6.07 Å². The van der Waals surface area contributed by atoms with E-state index in [1.807, 2.05) is 0 Å². The van der Waals surface area contributed by atoms with E-state index in [0.717, 1.165) is 0 Å². The minimum atomic E-state index is -0.417. The Hall–Kier alpha value is -2.11. The zero-order chi connectivity index (χ0) is 10.8. The third-order valence-corrected chi connectivity index (χ3v) is 2.19. The Labute approximate surface area is 86.1 Å². The average Bonchev–Trinajstić information content (AvgIpc) is 2.65. The number of benzene rings is 1. The molecule has 1 aromatic carbocycles. The van der Waals surface area contributed by atoms with Crippen LogP contribution in [-0.4, -0.2) is 17.3 Å². The standard InChI is InChI=1S/C9H10N4O2/c10-9-5-6-12(11-9)7-3-1-2-4-8(7)13(14)15/h1-4H,5-6H2,(H2,10,11). The first-order valence-corrected chi connectivity index (χ1v) is 4.52. The van der Waals surface area contributed by atoms with Crippen molar-refractivity contribution in [3.8, 4) is 0 Å². The van der Waals surface area contributed by atoms with Gasteiger partial charge in [-0.3, -0.25) is 15.1 Å². The summed E-state index contributed by atoms with van der Waals surface area (Å²) in [6.07, 6.45) is 0.645. The molecule has 0 unspecified atom stereocenters. The van der Waals surface area contributed by atoms with Crippen LogP contribution >= 0.6 is 0 Å². The van der Waals surface area contributed by atoms with Crippen molar-refractivity contribution in [2.75, 3.05) is 11.6 Å². The van der Waals surface area contributed by atoms with Gasteiger partial charge in [0.25, 0.3) is 5.69 Å². The van der Waals surface area contributed by atoms with Crippen molar-refractivity contribution in [2.24, 2.45) is 10.8 Å². The quantitative estimate of drug-likeness (QED) is 0.579. The number of amidine groups is 1. The zero-order valence-electron chi connectivity index (χ0n) is 7.96. The second-order valence-corrected chi connectivity index (χ2v) is 3.21. The van der Waals surface area contributed by atoms with E-state index in [9.17, 15) is 10.1 Å². The third kappa shape index (κ3) is 1.74. The van der Waals surface area contributed by atoms with Crippen LogP contribution in [0.5, 0.6) is 0 Å². The summed E-state index contributed by atoms with van der Waals surface area (Å²) in [6.45, 7) is 0.594. The van der Waals surface area contributed by atoms with E-state index in [0.29, 0.717) is 24.5 Å². The lowest BCUT2D eigenvalue weighted by atomic mass is 10.2. The lowest BCUT2D eigenvalue weighted by molar-refractivity contribution is -0.384. The van der Waals surface area contributed by atoms with Crippen LogP contribution in [0.4, 0.5) is 11.4 Å². The molecule has 1 heterocycles. The Balaban J connectivity index is 2.40. The fraction of sp³-hybridized carbons (Fsp3) is 0.222. The molecular formula is C9H10N4O2. The Morgan fingerprint density at radius 3 is 2.80 bits per heavy atom. The number of nitrogens with two attached hydrogens (primary N) is 1. The number of hydrogen-bond donors (Lipinski definition) is 1. The van der Waals surface area contributed by atoms with Crippen molar-refractivity contribution >= 4 is 17.2 Å². The van der Waals surface area contributed by atoms with Crippen molar-refractivity contribution < 1.29 is 4.92 Å². The summed E-state index contributed by atoms with van der Waals surface area (Å²) in [5.74, 6) is 0.508. The smallest absolute Gasteiger partial charge is 0.294 e. The molecule has 0 aliphatic carbocycles. The summed E-state index contributed by atoms with van der Waals surface area (Å²) < 4.78 is 0. The number of anilines is 1. The Kier molecular flexibility index (Phi) is 2.24. The highest BCUT2D eigenvalue weighted by molar-refractivity contribution is 5.85. The van der Waals surface area contributed by atoms with Crippen molar-refractivity contribution in [3.63, 3.8) is 0 Å². The first-order chi connectivity index (χ1) is 7.18. The molecular weight excluding hydrogens is 196 g/mol. The van der Waals surface area contributed by atoms with E-state index in [4.69, 9.17) is 5.73 Å². The highest BCUT2D eigenvalue weighted by atomic mass is 16.6. The lowest BCUT2D eigenvalue weighted by Crippen LogP contribution is -2.13. The molecule has 6 nitrogen and oxygen atoms in total. The molecule has 0 saturated heterocycles. The van der Waals surface area contributed by atoms with Crippen LogP contribution in [0.1, 0.15) is 6.42 Å². The van der Waals surface area contributed by atoms with E-state index in [1.54, 1.807) is 23.2 Å². The second-order valence-electron chi connectivity index (χ2n) is 3.21. The maximum Gasteiger partial charge on any atom is 0.294 e. The first kappa shape index (κ1) is 9.45. The molecule has 0 saturated carbocycles. The largest absolute Gasteiger partial charge is 0.386 e. The summed E-state index contributed by atoms with van der Waals surface area (Å²) in [7, 11) is 0. The molecule has 0 bridgehead atoms. The van der Waals surface area contributed by atoms with Gasteiger partial charge in [0.05, 0.1) is 4.92 Å². The molecule has 6 heteroatoms. The van der Waals surface area contributed by atoms with Crippen LogP contribution < -0.4 is 10.7 Å². The number of nitro benzene ring substituents is 1. The molecule has 1 aliphatic heterocycles. The Bertz CT molecular complexity index is 430. The van der Waals surface area contributed by atoms with Gasteiger partial charge >= 0.3 is 0 Å². The van der Waals surface area contributed by atoms with Crippen LogP contribution in [-0.2, 0) is 0 Å². The van der Waals surface area contributed by atoms with Gasteiger partial charge in [0, 0.05) is 19.0 Å². The number of rotatable bonds is 2. The lowest BCUT2D eigenvalue weighted by Gasteiger charge is -2.12. The van der Waals surface area contributed by atoms with E-state index >= 15 is 0 Å². The van der Waals surface area contributed by atoms with Gasteiger partial charge in [0.15, 0.2) is 0 Å². The van der Waals surface area contributed by atoms with Crippen molar-refractivity contribution in [2.45, 2.75) is 6.42 Å². The SMILES string of the molecule is NC1=NN(c2ccccc2[N+](=O)[O-])CC1. The van der Waals surface area contributed by atoms with Crippen molar-refractivity contribution in [1.29, 1.82) is 0 Å². The number of nitro groups is 1. The van der Waals surface area contributed by atoms with Gasteiger partial charge in [-0.1, -0.05) is 12.1 Å². The summed E-state index contributed by atoms with van der Waals surface area (Å²) >= 11 is 0. The summed E-state index contributed by atoms with van der Waals surface area (Å²) in [4.78, 5) is 10.3. The predicted octanol–water partition coefficient (Wildman–Crippen LogP) is 1.08.